The van der Waals surface area contributed by atoms with Crippen LogP contribution in [-0.2, 0) is 16.8 Å². The zero-order valence-corrected chi connectivity index (χ0v) is 11.5. The molecule has 1 N–H and O–H groups in total. The Labute approximate surface area is 113 Å². The minimum Gasteiger partial charge on any atom is -0.478 e. The Balaban J connectivity index is 2.36. The summed E-state index contributed by atoms with van der Waals surface area (Å²) in [4.78, 5) is 19.8. The van der Waals surface area contributed by atoms with Crippen LogP contribution in [0, 0.1) is 0 Å². The molecule has 1 aromatic heterocycles. The molecule has 1 fully saturated rings. The van der Waals surface area contributed by atoms with Gasteiger partial charge >= 0.3 is 5.97 Å². The zero-order chi connectivity index (χ0) is 13.9. The summed E-state index contributed by atoms with van der Waals surface area (Å²) in [5.74, 6) is -0.356. The Morgan fingerprint density at radius 1 is 1.53 bits per heavy atom. The molecule has 0 radical (unpaired) electrons. The smallest absolute Gasteiger partial charge is 0.339 e. The van der Waals surface area contributed by atoms with E-state index in [-0.39, 0.29) is 5.56 Å². The van der Waals surface area contributed by atoms with E-state index in [4.69, 9.17) is 9.84 Å². The van der Waals surface area contributed by atoms with Gasteiger partial charge in [-0.2, -0.15) is 0 Å². The highest BCUT2D eigenvalue weighted by Crippen LogP contribution is 2.32. The van der Waals surface area contributed by atoms with Crippen LogP contribution in [0.3, 0.4) is 0 Å². The summed E-state index contributed by atoms with van der Waals surface area (Å²) >= 11 is 0. The van der Waals surface area contributed by atoms with Gasteiger partial charge in [0, 0.05) is 12.8 Å². The molecule has 5 nitrogen and oxygen atoms in total. The predicted octanol–water partition coefficient (Wildman–Crippen LogP) is 2.54. The summed E-state index contributed by atoms with van der Waals surface area (Å²) < 4.78 is 5.81. The molecule has 1 aliphatic rings. The normalized spacial score (nSPS) is 23.3. The Hall–Kier alpha value is -1.49. The molecule has 19 heavy (non-hydrogen) atoms. The van der Waals surface area contributed by atoms with Gasteiger partial charge in [0.15, 0.2) is 5.82 Å². The molecule has 0 amide bonds. The third kappa shape index (κ3) is 2.92. The van der Waals surface area contributed by atoms with Gasteiger partial charge in [0.05, 0.1) is 11.3 Å². The van der Waals surface area contributed by atoms with Crippen LogP contribution in [0.2, 0.25) is 0 Å². The first kappa shape index (κ1) is 13.9. The molecule has 1 unspecified atom stereocenters. The van der Waals surface area contributed by atoms with Gasteiger partial charge in [-0.1, -0.05) is 13.3 Å². The van der Waals surface area contributed by atoms with Crippen molar-refractivity contribution in [2.45, 2.75) is 51.6 Å². The second-order valence-electron chi connectivity index (χ2n) is 5.15. The molecule has 0 saturated carbocycles. The van der Waals surface area contributed by atoms with Gasteiger partial charge in [0.1, 0.15) is 5.60 Å². The molecule has 1 saturated heterocycles. The summed E-state index contributed by atoms with van der Waals surface area (Å²) in [6.45, 7) is 4.70. The van der Waals surface area contributed by atoms with E-state index < -0.39 is 11.6 Å². The Bertz CT molecular complexity index is 468. The van der Waals surface area contributed by atoms with Gasteiger partial charge in [0.2, 0.25) is 0 Å². The second-order valence-corrected chi connectivity index (χ2v) is 5.15. The molecular weight excluding hydrogens is 244 g/mol. The first-order valence-corrected chi connectivity index (χ1v) is 6.80. The van der Waals surface area contributed by atoms with E-state index in [0.29, 0.717) is 24.5 Å². The van der Waals surface area contributed by atoms with Gasteiger partial charge in [-0.3, -0.25) is 0 Å². The van der Waals surface area contributed by atoms with Gasteiger partial charge in [-0.25, -0.2) is 14.8 Å². The molecule has 0 spiro atoms. The zero-order valence-electron chi connectivity index (χ0n) is 11.5. The van der Waals surface area contributed by atoms with Gasteiger partial charge in [-0.15, -0.1) is 0 Å². The molecular formula is C14H20N2O3. The number of hydrogen-bond donors (Lipinski definition) is 1. The van der Waals surface area contributed by atoms with Crippen molar-refractivity contribution < 1.29 is 14.6 Å². The number of carboxylic acids is 1. The van der Waals surface area contributed by atoms with Gasteiger partial charge in [-0.05, 0) is 32.6 Å². The molecule has 2 heterocycles. The van der Waals surface area contributed by atoms with Crippen LogP contribution < -0.4 is 0 Å². The maximum absolute atomic E-state index is 11.2. The lowest BCUT2D eigenvalue weighted by Crippen LogP contribution is -2.33. The number of carbonyl (C=O) groups is 1. The molecule has 104 valence electrons. The quantitative estimate of drug-likeness (QED) is 0.904. The second kappa shape index (κ2) is 5.65. The third-order valence-electron chi connectivity index (χ3n) is 3.53. The van der Waals surface area contributed by atoms with Crippen molar-refractivity contribution in [1.29, 1.82) is 0 Å². The highest BCUT2D eigenvalue weighted by Gasteiger charge is 2.33. The van der Waals surface area contributed by atoms with E-state index in [0.717, 1.165) is 25.7 Å². The first-order chi connectivity index (χ1) is 9.07. The number of nitrogens with zero attached hydrogens (tertiary/aromatic N) is 2. The lowest BCUT2D eigenvalue weighted by molar-refractivity contribution is -0.0762. The molecule has 0 aromatic carbocycles. The fraction of sp³-hybridized carbons (Fsp3) is 0.643. The van der Waals surface area contributed by atoms with Crippen molar-refractivity contribution in [3.05, 3.63) is 23.3 Å². The van der Waals surface area contributed by atoms with E-state index in [2.05, 4.69) is 9.97 Å². The molecule has 2 rings (SSSR count). The number of hydrogen-bond acceptors (Lipinski definition) is 4. The number of aromatic carboxylic acids is 1. The summed E-state index contributed by atoms with van der Waals surface area (Å²) in [6, 6.07) is 0. The average molecular weight is 264 g/mol. The van der Waals surface area contributed by atoms with Crippen molar-refractivity contribution in [2.75, 3.05) is 6.61 Å². The number of carboxylic acid groups (broad SMARTS) is 1. The van der Waals surface area contributed by atoms with Crippen LogP contribution in [0.5, 0.6) is 0 Å². The van der Waals surface area contributed by atoms with Crippen molar-refractivity contribution >= 4 is 5.97 Å². The van der Waals surface area contributed by atoms with Crippen molar-refractivity contribution in [1.82, 2.24) is 9.97 Å². The van der Waals surface area contributed by atoms with Crippen molar-refractivity contribution in [3.8, 4) is 0 Å². The minimum absolute atomic E-state index is 0.199. The molecule has 1 aromatic rings. The fourth-order valence-electron chi connectivity index (χ4n) is 2.39. The van der Waals surface area contributed by atoms with Gasteiger partial charge < -0.3 is 9.84 Å². The highest BCUT2D eigenvalue weighted by atomic mass is 16.5. The molecule has 5 heteroatoms. The predicted molar refractivity (Wildman–Crippen MR) is 70.1 cm³/mol. The minimum atomic E-state index is -0.968. The van der Waals surface area contributed by atoms with Gasteiger partial charge in [0.25, 0.3) is 0 Å². The molecule has 0 aliphatic carbocycles. The Kier molecular flexibility index (Phi) is 4.14. The number of aryl methyl sites for hydroxylation is 1. The monoisotopic (exact) mass is 264 g/mol. The topological polar surface area (TPSA) is 72.3 Å². The number of ether oxygens (including phenoxy) is 1. The van der Waals surface area contributed by atoms with E-state index in [1.165, 1.54) is 6.20 Å². The van der Waals surface area contributed by atoms with Crippen molar-refractivity contribution in [2.24, 2.45) is 0 Å². The molecule has 1 aliphatic heterocycles. The maximum atomic E-state index is 11.2. The van der Waals surface area contributed by atoms with Crippen LogP contribution in [-0.4, -0.2) is 27.7 Å². The van der Waals surface area contributed by atoms with E-state index in [9.17, 15) is 4.79 Å². The summed E-state index contributed by atoms with van der Waals surface area (Å²) in [5, 5.41) is 9.15. The maximum Gasteiger partial charge on any atom is 0.339 e. The third-order valence-corrected chi connectivity index (χ3v) is 3.53. The van der Waals surface area contributed by atoms with Crippen LogP contribution >= 0.6 is 0 Å². The number of aromatic nitrogens is 2. The van der Waals surface area contributed by atoms with Crippen LogP contribution in [0.15, 0.2) is 6.20 Å². The van der Waals surface area contributed by atoms with E-state index in [1.54, 1.807) is 0 Å². The van der Waals surface area contributed by atoms with E-state index >= 15 is 0 Å². The van der Waals surface area contributed by atoms with Crippen LogP contribution in [0.25, 0.3) is 0 Å². The first-order valence-electron chi connectivity index (χ1n) is 6.80. The average Bonchev–Trinajstić information content (AvgIpc) is 2.39. The molecule has 0 bridgehead atoms. The largest absolute Gasteiger partial charge is 0.478 e. The molecule has 1 atom stereocenters. The summed E-state index contributed by atoms with van der Waals surface area (Å²) in [7, 11) is 0. The Morgan fingerprint density at radius 3 is 2.89 bits per heavy atom. The fourth-order valence-corrected chi connectivity index (χ4v) is 2.39. The lowest BCUT2D eigenvalue weighted by atomic mass is 9.94. The lowest BCUT2D eigenvalue weighted by Gasteiger charge is -2.32. The summed E-state index contributed by atoms with van der Waals surface area (Å²) in [5.41, 5.74) is 0.332. The van der Waals surface area contributed by atoms with Crippen LogP contribution in [0.1, 0.15) is 61.4 Å². The summed E-state index contributed by atoms with van der Waals surface area (Å²) in [6.07, 6.45) is 5.94. The SMILES string of the molecule is CCCc1nc(C2(C)CCCCO2)ncc1C(=O)O. The highest BCUT2D eigenvalue weighted by molar-refractivity contribution is 5.88. The van der Waals surface area contributed by atoms with E-state index in [1.807, 2.05) is 13.8 Å². The number of rotatable bonds is 4. The standard InChI is InChI=1S/C14H20N2O3/c1-3-6-11-10(12(17)18)9-15-13(16-11)14(2)7-4-5-8-19-14/h9H,3-8H2,1-2H3,(H,17,18). The van der Waals surface area contributed by atoms with Crippen LogP contribution in [0.4, 0.5) is 0 Å². The Morgan fingerprint density at radius 2 is 2.32 bits per heavy atom. The van der Waals surface area contributed by atoms with Crippen molar-refractivity contribution in [3.63, 3.8) is 0 Å².